The molecule has 0 atom stereocenters. The monoisotopic (exact) mass is 434 g/mol. The van der Waals surface area contributed by atoms with Crippen LogP contribution < -0.4 is 15.0 Å². The van der Waals surface area contributed by atoms with Gasteiger partial charge < -0.3 is 19.7 Å². The third-order valence-corrected chi connectivity index (χ3v) is 6.76. The standard InChI is InChI=1S/C25H30N4O3/c1-31-24-27-21-16-20(28-14-11-25(12-15-28)17-32-18-25)9-10-22(21)29(24)23(30)26-13-5-8-19-6-3-2-4-7-19/h2-4,6-7,9-10,16H,5,8,11-15,17-18H2,1H3,(H,26,30). The SMILES string of the molecule is COc1nc2cc(N3CCC4(CC3)COC4)ccc2n1C(=O)NCCCc1ccccc1. The Hall–Kier alpha value is -3.06. The average Bonchev–Trinajstić information content (AvgIpc) is 3.19. The summed E-state index contributed by atoms with van der Waals surface area (Å²) in [5.41, 5.74) is 4.35. The maximum absolute atomic E-state index is 12.9. The first-order valence-electron chi connectivity index (χ1n) is 11.4. The van der Waals surface area contributed by atoms with E-state index in [9.17, 15) is 4.79 Å². The molecule has 1 amide bonds. The van der Waals surface area contributed by atoms with Crippen LogP contribution in [-0.4, -0.2) is 55.5 Å². The van der Waals surface area contributed by atoms with Gasteiger partial charge in [-0.15, -0.1) is 0 Å². The molecule has 7 heteroatoms. The molecular weight excluding hydrogens is 404 g/mol. The molecule has 1 spiro atoms. The van der Waals surface area contributed by atoms with Gasteiger partial charge in [-0.05, 0) is 49.4 Å². The van der Waals surface area contributed by atoms with Gasteiger partial charge in [-0.2, -0.15) is 4.98 Å². The van der Waals surface area contributed by atoms with E-state index >= 15 is 0 Å². The molecule has 2 aromatic carbocycles. The average molecular weight is 435 g/mol. The number of methoxy groups -OCH3 is 1. The highest BCUT2D eigenvalue weighted by Crippen LogP contribution is 2.39. The van der Waals surface area contributed by atoms with Crippen molar-refractivity contribution in [1.82, 2.24) is 14.9 Å². The lowest BCUT2D eigenvalue weighted by Gasteiger charge is -2.47. The number of hydrogen-bond acceptors (Lipinski definition) is 5. The van der Waals surface area contributed by atoms with Crippen LogP contribution in [0.25, 0.3) is 11.0 Å². The molecule has 0 bridgehead atoms. The van der Waals surface area contributed by atoms with Gasteiger partial charge in [-0.1, -0.05) is 30.3 Å². The predicted octanol–water partition coefficient (Wildman–Crippen LogP) is 3.85. The van der Waals surface area contributed by atoms with Gasteiger partial charge in [0.1, 0.15) is 0 Å². The largest absolute Gasteiger partial charge is 0.468 e. The number of nitrogens with zero attached hydrogens (tertiary/aromatic N) is 3. The van der Waals surface area contributed by atoms with Crippen molar-refractivity contribution in [3.63, 3.8) is 0 Å². The molecule has 0 unspecified atom stereocenters. The number of ether oxygens (including phenoxy) is 2. The van der Waals surface area contributed by atoms with Crippen molar-refractivity contribution >= 4 is 22.8 Å². The van der Waals surface area contributed by atoms with Crippen LogP contribution in [0.3, 0.4) is 0 Å². The number of nitrogens with one attached hydrogen (secondary N) is 1. The Kier molecular flexibility index (Phi) is 5.74. The first-order chi connectivity index (χ1) is 15.7. The summed E-state index contributed by atoms with van der Waals surface area (Å²) in [7, 11) is 1.55. The van der Waals surface area contributed by atoms with Crippen molar-refractivity contribution in [3.05, 3.63) is 54.1 Å². The van der Waals surface area contributed by atoms with Crippen molar-refractivity contribution in [2.75, 3.05) is 44.9 Å². The molecule has 1 N–H and O–H groups in total. The molecule has 5 rings (SSSR count). The molecule has 2 aliphatic rings. The fraction of sp³-hybridized carbons (Fsp3) is 0.440. The Morgan fingerprint density at radius 3 is 2.62 bits per heavy atom. The second-order valence-corrected chi connectivity index (χ2v) is 8.91. The van der Waals surface area contributed by atoms with E-state index in [0.29, 0.717) is 18.0 Å². The molecule has 2 saturated heterocycles. The topological polar surface area (TPSA) is 68.6 Å². The minimum Gasteiger partial charge on any atom is -0.468 e. The van der Waals surface area contributed by atoms with Crippen molar-refractivity contribution in [2.24, 2.45) is 5.41 Å². The van der Waals surface area contributed by atoms with Crippen LogP contribution in [0.1, 0.15) is 24.8 Å². The van der Waals surface area contributed by atoms with E-state index in [1.807, 2.05) is 24.3 Å². The summed E-state index contributed by atoms with van der Waals surface area (Å²) in [5, 5.41) is 3.00. The number of fused-ring (bicyclic) bond motifs is 1. The number of carbonyl (C=O) groups excluding carboxylic acids is 1. The van der Waals surface area contributed by atoms with Gasteiger partial charge in [0.2, 0.25) is 0 Å². The highest BCUT2D eigenvalue weighted by atomic mass is 16.5. The van der Waals surface area contributed by atoms with Crippen molar-refractivity contribution < 1.29 is 14.3 Å². The van der Waals surface area contributed by atoms with Gasteiger partial charge in [-0.3, -0.25) is 0 Å². The molecule has 32 heavy (non-hydrogen) atoms. The van der Waals surface area contributed by atoms with E-state index in [0.717, 1.165) is 68.7 Å². The molecular formula is C25H30N4O3. The Labute approximate surface area is 188 Å². The summed E-state index contributed by atoms with van der Waals surface area (Å²) in [6.07, 6.45) is 4.12. The second kappa shape index (κ2) is 8.82. The van der Waals surface area contributed by atoms with Crippen LogP contribution in [0, 0.1) is 5.41 Å². The molecule has 1 aromatic heterocycles. The van der Waals surface area contributed by atoms with E-state index in [1.165, 1.54) is 10.1 Å². The van der Waals surface area contributed by atoms with Crippen LogP contribution in [0.15, 0.2) is 48.5 Å². The number of carbonyl (C=O) groups is 1. The first-order valence-corrected chi connectivity index (χ1v) is 11.4. The Morgan fingerprint density at radius 1 is 1.16 bits per heavy atom. The summed E-state index contributed by atoms with van der Waals surface area (Å²) < 4.78 is 12.4. The number of benzene rings is 2. The van der Waals surface area contributed by atoms with Crippen LogP contribution in [-0.2, 0) is 11.2 Å². The fourth-order valence-electron chi connectivity index (χ4n) is 4.71. The zero-order valence-corrected chi connectivity index (χ0v) is 18.5. The van der Waals surface area contributed by atoms with Gasteiger partial charge in [-0.25, -0.2) is 9.36 Å². The van der Waals surface area contributed by atoms with E-state index in [4.69, 9.17) is 9.47 Å². The minimum atomic E-state index is -0.213. The molecule has 0 radical (unpaired) electrons. The first kappa shape index (κ1) is 20.8. The molecule has 3 aromatic rings. The lowest BCUT2D eigenvalue weighted by atomic mass is 9.77. The Bertz CT molecular complexity index is 1080. The molecule has 168 valence electrons. The van der Waals surface area contributed by atoms with Gasteiger partial charge in [0.05, 0.1) is 31.4 Å². The highest BCUT2D eigenvalue weighted by Gasteiger charge is 2.41. The molecule has 0 saturated carbocycles. The number of aromatic nitrogens is 2. The maximum atomic E-state index is 12.9. The van der Waals surface area contributed by atoms with Crippen LogP contribution >= 0.6 is 0 Å². The normalized spacial score (nSPS) is 17.3. The summed E-state index contributed by atoms with van der Waals surface area (Å²) in [6, 6.07) is 16.5. The summed E-state index contributed by atoms with van der Waals surface area (Å²) >= 11 is 0. The van der Waals surface area contributed by atoms with Crippen molar-refractivity contribution in [3.8, 4) is 6.01 Å². The van der Waals surface area contributed by atoms with E-state index in [2.05, 4.69) is 39.5 Å². The van der Waals surface area contributed by atoms with Crippen molar-refractivity contribution in [1.29, 1.82) is 0 Å². The maximum Gasteiger partial charge on any atom is 0.330 e. The third-order valence-electron chi connectivity index (χ3n) is 6.76. The Balaban J connectivity index is 1.26. The van der Waals surface area contributed by atoms with Gasteiger partial charge in [0, 0.05) is 30.7 Å². The molecule has 0 aliphatic carbocycles. The summed E-state index contributed by atoms with van der Waals surface area (Å²) in [5.74, 6) is 0. The van der Waals surface area contributed by atoms with E-state index in [-0.39, 0.29) is 6.03 Å². The van der Waals surface area contributed by atoms with E-state index in [1.54, 1.807) is 7.11 Å². The lowest BCUT2D eigenvalue weighted by molar-refractivity contribution is -0.124. The molecule has 7 nitrogen and oxygen atoms in total. The number of amides is 1. The number of hydrogen-bond donors (Lipinski definition) is 1. The van der Waals surface area contributed by atoms with Gasteiger partial charge in [0.15, 0.2) is 0 Å². The predicted molar refractivity (Wildman–Crippen MR) is 125 cm³/mol. The Morgan fingerprint density at radius 2 is 1.94 bits per heavy atom. The number of piperidine rings is 1. The van der Waals surface area contributed by atoms with Crippen LogP contribution in [0.4, 0.5) is 10.5 Å². The molecule has 2 aliphatic heterocycles. The summed E-state index contributed by atoms with van der Waals surface area (Å²) in [4.78, 5) is 19.9. The van der Waals surface area contributed by atoms with Gasteiger partial charge >= 0.3 is 12.0 Å². The summed E-state index contributed by atoms with van der Waals surface area (Å²) in [6.45, 7) is 4.45. The number of rotatable bonds is 6. The highest BCUT2D eigenvalue weighted by molar-refractivity contribution is 5.92. The quantitative estimate of drug-likeness (QED) is 0.597. The minimum absolute atomic E-state index is 0.213. The van der Waals surface area contributed by atoms with Gasteiger partial charge in [0.25, 0.3) is 0 Å². The van der Waals surface area contributed by atoms with Crippen molar-refractivity contribution in [2.45, 2.75) is 25.7 Å². The lowest BCUT2D eigenvalue weighted by Crippen LogP contribution is -2.50. The molecule has 2 fully saturated rings. The molecule has 3 heterocycles. The number of aryl methyl sites for hydroxylation is 1. The second-order valence-electron chi connectivity index (χ2n) is 8.91. The number of imidazole rings is 1. The number of anilines is 1. The zero-order valence-electron chi connectivity index (χ0n) is 18.5. The van der Waals surface area contributed by atoms with Crippen LogP contribution in [0.5, 0.6) is 6.01 Å². The van der Waals surface area contributed by atoms with E-state index < -0.39 is 0 Å². The van der Waals surface area contributed by atoms with Crippen LogP contribution in [0.2, 0.25) is 0 Å². The fourth-order valence-corrected chi connectivity index (χ4v) is 4.71. The smallest absolute Gasteiger partial charge is 0.330 e. The third kappa shape index (κ3) is 4.05. The zero-order chi connectivity index (χ0) is 22.0.